The van der Waals surface area contributed by atoms with E-state index in [-0.39, 0.29) is 12.8 Å². The molecule has 25 heavy (non-hydrogen) atoms. The maximum atomic E-state index is 10.3. The van der Waals surface area contributed by atoms with Gasteiger partial charge in [-0.2, -0.15) is 8.42 Å². The number of rotatable bonds is 16. The van der Waals surface area contributed by atoms with Crippen molar-refractivity contribution >= 4 is 10.4 Å². The predicted molar refractivity (Wildman–Crippen MR) is 106 cm³/mol. The van der Waals surface area contributed by atoms with Crippen molar-refractivity contribution < 1.29 is 21.9 Å². The van der Waals surface area contributed by atoms with Crippen molar-refractivity contribution in [2.75, 3.05) is 19.8 Å². The fraction of sp³-hybridized carbons (Fsp3) is 1.00. The second kappa shape index (κ2) is 23.8. The average Bonchev–Trinajstić information content (AvgIpc) is 2.52. The number of hydrogen-bond acceptors (Lipinski definition) is 5. The summed E-state index contributed by atoms with van der Waals surface area (Å²) in [6.07, 6.45) is 14.7. The Balaban J connectivity index is -0.000000704. The summed E-state index contributed by atoms with van der Waals surface area (Å²) < 4.78 is 38.0. The van der Waals surface area contributed by atoms with E-state index in [9.17, 15) is 8.42 Å². The molecule has 0 aromatic heterocycles. The van der Waals surface area contributed by atoms with Gasteiger partial charge >= 0.3 is 10.4 Å². The first-order valence-electron chi connectivity index (χ1n) is 9.67. The van der Waals surface area contributed by atoms with Gasteiger partial charge in [0.25, 0.3) is 0 Å². The Morgan fingerprint density at radius 1 is 0.680 bits per heavy atom. The highest BCUT2D eigenvalue weighted by Crippen LogP contribution is 2.11. The first-order chi connectivity index (χ1) is 11.5. The third-order valence-electron chi connectivity index (χ3n) is 3.64. The van der Waals surface area contributed by atoms with E-state index in [4.69, 9.17) is 9.29 Å². The van der Waals surface area contributed by atoms with Crippen LogP contribution < -0.4 is 6.15 Å². The molecule has 0 spiro atoms. The van der Waals surface area contributed by atoms with Crippen molar-refractivity contribution in [1.82, 2.24) is 6.15 Å². The van der Waals surface area contributed by atoms with Crippen LogP contribution in [-0.2, 0) is 19.3 Å². The van der Waals surface area contributed by atoms with Gasteiger partial charge in [0.1, 0.15) is 0 Å². The summed E-state index contributed by atoms with van der Waals surface area (Å²) in [5.74, 6) is 0. The monoisotopic (exact) mass is 385 g/mol. The van der Waals surface area contributed by atoms with Crippen molar-refractivity contribution in [3.05, 3.63) is 0 Å². The fourth-order valence-electron chi connectivity index (χ4n) is 2.31. The van der Waals surface area contributed by atoms with Crippen LogP contribution in [0.4, 0.5) is 0 Å². The molecule has 0 unspecified atom stereocenters. The zero-order chi connectivity index (χ0) is 18.5. The molecule has 0 saturated carbocycles. The lowest BCUT2D eigenvalue weighted by molar-refractivity contribution is 0.162. The zero-order valence-electron chi connectivity index (χ0n) is 16.8. The van der Waals surface area contributed by atoms with Crippen molar-refractivity contribution in [3.8, 4) is 0 Å². The summed E-state index contributed by atoms with van der Waals surface area (Å²) >= 11 is 0. The molecule has 0 aliphatic carbocycles. The van der Waals surface area contributed by atoms with Crippen molar-refractivity contribution in [2.45, 2.75) is 97.8 Å². The third-order valence-corrected chi connectivity index (χ3v) is 4.10. The van der Waals surface area contributed by atoms with Crippen LogP contribution in [0.1, 0.15) is 97.8 Å². The van der Waals surface area contributed by atoms with E-state index in [0.29, 0.717) is 6.42 Å². The Labute approximate surface area is 156 Å². The van der Waals surface area contributed by atoms with Gasteiger partial charge in [0.2, 0.25) is 0 Å². The van der Waals surface area contributed by atoms with E-state index in [1.807, 2.05) is 13.8 Å². The van der Waals surface area contributed by atoms with E-state index < -0.39 is 10.4 Å². The fourth-order valence-corrected chi connectivity index (χ4v) is 2.64. The maximum Gasteiger partial charge on any atom is 0.397 e. The molecule has 0 bridgehead atoms. The minimum Gasteiger partial charge on any atom is -0.382 e. The standard InChI is InChI=1S/C14H30O4S.C4H10O.H3N/c1-2-3-4-5-6-7-8-9-10-11-12-13-14-18-19(15,16)17;1-3-5-4-2;/h2-14H2,1H3,(H,15,16,17);3-4H2,1-2H3;1H3. The first kappa shape index (κ1) is 29.5. The Morgan fingerprint density at radius 2 is 1.04 bits per heavy atom. The van der Waals surface area contributed by atoms with Gasteiger partial charge in [0.15, 0.2) is 0 Å². The molecule has 0 aromatic rings. The van der Waals surface area contributed by atoms with Crippen LogP contribution in [0.3, 0.4) is 0 Å². The summed E-state index contributed by atoms with van der Waals surface area (Å²) in [7, 11) is -4.24. The summed E-state index contributed by atoms with van der Waals surface area (Å²) in [6, 6.07) is 0. The summed E-state index contributed by atoms with van der Waals surface area (Å²) in [5, 5.41) is 0. The van der Waals surface area contributed by atoms with Gasteiger partial charge in [-0.25, -0.2) is 4.18 Å². The van der Waals surface area contributed by atoms with Gasteiger partial charge in [-0.15, -0.1) is 0 Å². The molecule has 0 saturated heterocycles. The van der Waals surface area contributed by atoms with Gasteiger partial charge in [0.05, 0.1) is 6.61 Å². The quantitative estimate of drug-likeness (QED) is 0.260. The second-order valence-electron chi connectivity index (χ2n) is 5.92. The predicted octanol–water partition coefficient (Wildman–Crippen LogP) is 5.71. The molecule has 0 fully saturated rings. The SMILES string of the molecule is CCCCCCCCCCCCCCOS(=O)(=O)O.CCOCC.N. The smallest absolute Gasteiger partial charge is 0.382 e. The molecular formula is C18H43NO5S. The molecule has 0 radical (unpaired) electrons. The van der Waals surface area contributed by atoms with Crippen molar-refractivity contribution in [3.63, 3.8) is 0 Å². The number of unbranched alkanes of at least 4 members (excludes halogenated alkanes) is 11. The Hall–Kier alpha value is -0.210. The molecule has 0 aromatic carbocycles. The topological polar surface area (TPSA) is 108 Å². The molecule has 156 valence electrons. The van der Waals surface area contributed by atoms with E-state index >= 15 is 0 Å². The molecule has 6 nitrogen and oxygen atoms in total. The highest BCUT2D eigenvalue weighted by Gasteiger charge is 2.02. The maximum absolute atomic E-state index is 10.3. The average molecular weight is 386 g/mol. The van der Waals surface area contributed by atoms with Gasteiger partial charge in [-0.3, -0.25) is 4.55 Å². The van der Waals surface area contributed by atoms with Crippen LogP contribution in [0.25, 0.3) is 0 Å². The Kier molecular flexibility index (Phi) is 28.1. The molecule has 0 atom stereocenters. The van der Waals surface area contributed by atoms with Crippen LogP contribution in [0, 0.1) is 0 Å². The number of hydrogen-bond donors (Lipinski definition) is 2. The minimum atomic E-state index is -4.24. The van der Waals surface area contributed by atoms with Crippen LogP contribution in [0.2, 0.25) is 0 Å². The van der Waals surface area contributed by atoms with E-state index in [1.165, 1.54) is 57.8 Å². The third kappa shape index (κ3) is 35.7. The summed E-state index contributed by atoms with van der Waals surface area (Å²) in [6.45, 7) is 8.00. The lowest BCUT2D eigenvalue weighted by Crippen LogP contribution is -2.04. The molecule has 0 rings (SSSR count). The minimum absolute atomic E-state index is 0. The van der Waals surface area contributed by atoms with Gasteiger partial charge in [-0.1, -0.05) is 77.6 Å². The molecule has 7 heteroatoms. The van der Waals surface area contributed by atoms with Crippen molar-refractivity contribution in [2.24, 2.45) is 0 Å². The molecule has 0 heterocycles. The zero-order valence-corrected chi connectivity index (χ0v) is 17.6. The molecule has 0 aliphatic rings. The Bertz CT molecular complexity index is 321. The van der Waals surface area contributed by atoms with Crippen molar-refractivity contribution in [1.29, 1.82) is 0 Å². The molecular weight excluding hydrogens is 342 g/mol. The van der Waals surface area contributed by atoms with Crippen LogP contribution >= 0.6 is 0 Å². The van der Waals surface area contributed by atoms with E-state index in [1.54, 1.807) is 0 Å². The molecule has 0 aliphatic heterocycles. The van der Waals surface area contributed by atoms with Crippen LogP contribution in [-0.4, -0.2) is 32.8 Å². The van der Waals surface area contributed by atoms with E-state index in [0.717, 1.165) is 26.1 Å². The normalized spacial score (nSPS) is 10.7. The van der Waals surface area contributed by atoms with Gasteiger partial charge in [0, 0.05) is 13.2 Å². The first-order valence-corrected chi connectivity index (χ1v) is 11.0. The lowest BCUT2D eigenvalue weighted by Gasteiger charge is -2.02. The highest BCUT2D eigenvalue weighted by molar-refractivity contribution is 7.80. The van der Waals surface area contributed by atoms with Crippen LogP contribution in [0.5, 0.6) is 0 Å². The lowest BCUT2D eigenvalue weighted by atomic mass is 10.1. The van der Waals surface area contributed by atoms with Crippen LogP contribution in [0.15, 0.2) is 0 Å². The Morgan fingerprint density at radius 3 is 1.32 bits per heavy atom. The molecule has 0 amide bonds. The largest absolute Gasteiger partial charge is 0.397 e. The van der Waals surface area contributed by atoms with Gasteiger partial charge in [-0.05, 0) is 20.3 Å². The highest BCUT2D eigenvalue weighted by atomic mass is 32.3. The van der Waals surface area contributed by atoms with Gasteiger partial charge < -0.3 is 10.9 Å². The summed E-state index contributed by atoms with van der Waals surface area (Å²) in [5.41, 5.74) is 0. The second-order valence-corrected chi connectivity index (χ2v) is 7.01. The summed E-state index contributed by atoms with van der Waals surface area (Å²) in [4.78, 5) is 0. The number of ether oxygens (including phenoxy) is 1. The molecule has 4 N–H and O–H groups in total. The van der Waals surface area contributed by atoms with E-state index in [2.05, 4.69) is 11.1 Å².